The third-order valence-corrected chi connectivity index (χ3v) is 2.70. The highest BCUT2D eigenvalue weighted by molar-refractivity contribution is 6.42. The number of carbonyl (C=O) groups excluding carboxylic acids is 1. The van der Waals surface area contributed by atoms with Crippen molar-refractivity contribution in [3.05, 3.63) is 12.2 Å². The van der Waals surface area contributed by atoms with Gasteiger partial charge in [0.05, 0.1) is 0 Å². The molecule has 1 aliphatic rings. The smallest absolute Gasteiger partial charge is 0.269 e. The van der Waals surface area contributed by atoms with Crippen LogP contribution in [0.25, 0.3) is 0 Å². The number of nitrogens with two attached hydrogens (primary N) is 1. The van der Waals surface area contributed by atoms with E-state index in [1.807, 2.05) is 0 Å². The molecule has 1 aliphatic carbocycles. The molecule has 0 spiro atoms. The Hall–Kier alpha value is -1.45. The van der Waals surface area contributed by atoms with Crippen LogP contribution in [0.2, 0.25) is 0 Å². The average molecular weight is 222 g/mol. The fourth-order valence-corrected chi connectivity index (χ4v) is 1.80. The van der Waals surface area contributed by atoms with E-state index in [0.717, 1.165) is 12.8 Å². The van der Waals surface area contributed by atoms with Crippen LogP contribution in [0.1, 0.15) is 39.0 Å². The summed E-state index contributed by atoms with van der Waals surface area (Å²) < 4.78 is 0. The van der Waals surface area contributed by atoms with Crippen molar-refractivity contribution in [2.75, 3.05) is 0 Å². The molecule has 1 saturated carbocycles. The molecule has 0 bridgehead atoms. The summed E-state index contributed by atoms with van der Waals surface area (Å²) in [6.45, 7) is 1.73. The number of rotatable bonds is 4. The number of allylic oxidation sites excluding steroid dienone is 1. The van der Waals surface area contributed by atoms with Crippen molar-refractivity contribution in [1.82, 2.24) is 5.32 Å². The molecular formula is C12H20N3O+. The fourth-order valence-electron chi connectivity index (χ4n) is 1.80. The average Bonchev–Trinajstić information content (AvgIpc) is 2.27. The lowest BCUT2D eigenvalue weighted by Gasteiger charge is -2.22. The van der Waals surface area contributed by atoms with Crippen molar-refractivity contribution >= 4 is 17.3 Å². The number of amides is 1. The van der Waals surface area contributed by atoms with Crippen LogP contribution in [-0.4, -0.2) is 23.4 Å². The van der Waals surface area contributed by atoms with Crippen molar-refractivity contribution in [1.29, 1.82) is 5.41 Å². The Morgan fingerprint density at radius 3 is 2.50 bits per heavy atom. The number of hydrogen-bond donors (Lipinski definition) is 3. The summed E-state index contributed by atoms with van der Waals surface area (Å²) in [5, 5.41) is 15.8. The second kappa shape index (κ2) is 6.20. The summed E-state index contributed by atoms with van der Waals surface area (Å²) in [5.41, 5.74) is 0.561. The Balaban J connectivity index is 2.38. The fraction of sp³-hybridized carbons (Fsp3) is 0.583. The largest absolute Gasteiger partial charge is 0.348 e. The van der Waals surface area contributed by atoms with Gasteiger partial charge in [0.15, 0.2) is 5.71 Å². The van der Waals surface area contributed by atoms with Crippen molar-refractivity contribution in [2.24, 2.45) is 0 Å². The Labute approximate surface area is 96.1 Å². The SMILES string of the molecule is CC(=[NH2+])/C=C\C(=N)C(=O)NC1CCCCC1. The number of nitrogens with one attached hydrogen (secondary N) is 2. The summed E-state index contributed by atoms with van der Waals surface area (Å²) >= 11 is 0. The van der Waals surface area contributed by atoms with Crippen LogP contribution in [-0.2, 0) is 4.79 Å². The molecule has 88 valence electrons. The van der Waals surface area contributed by atoms with Gasteiger partial charge in [-0.1, -0.05) is 19.3 Å². The van der Waals surface area contributed by atoms with Gasteiger partial charge in [-0.15, -0.1) is 0 Å². The van der Waals surface area contributed by atoms with E-state index in [1.54, 1.807) is 13.0 Å². The molecule has 4 heteroatoms. The molecule has 0 unspecified atom stereocenters. The maximum atomic E-state index is 11.6. The van der Waals surface area contributed by atoms with E-state index in [9.17, 15) is 4.79 Å². The van der Waals surface area contributed by atoms with Gasteiger partial charge in [0, 0.05) is 19.0 Å². The van der Waals surface area contributed by atoms with Gasteiger partial charge in [-0.3, -0.25) is 15.6 Å². The molecule has 1 rings (SSSR count). The Morgan fingerprint density at radius 2 is 1.94 bits per heavy atom. The molecule has 0 aromatic heterocycles. The zero-order valence-corrected chi connectivity index (χ0v) is 9.75. The minimum atomic E-state index is -0.301. The molecule has 0 aromatic carbocycles. The highest BCUT2D eigenvalue weighted by Crippen LogP contribution is 2.17. The van der Waals surface area contributed by atoms with E-state index in [2.05, 4.69) is 5.32 Å². The van der Waals surface area contributed by atoms with E-state index in [-0.39, 0.29) is 17.7 Å². The zero-order valence-electron chi connectivity index (χ0n) is 9.75. The monoisotopic (exact) mass is 222 g/mol. The van der Waals surface area contributed by atoms with Gasteiger partial charge in [-0.25, -0.2) is 0 Å². The van der Waals surface area contributed by atoms with Crippen molar-refractivity contribution in [3.63, 3.8) is 0 Å². The third-order valence-electron chi connectivity index (χ3n) is 2.70. The molecule has 4 N–H and O–H groups in total. The summed E-state index contributed by atoms with van der Waals surface area (Å²) in [5.74, 6) is -0.301. The molecule has 1 amide bonds. The first kappa shape index (κ1) is 12.6. The maximum absolute atomic E-state index is 11.6. The second-order valence-electron chi connectivity index (χ2n) is 4.30. The standard InChI is InChI=1S/C12H19N3O/c1-9(13)7-8-11(14)12(16)15-10-5-3-2-4-6-10/h7-8,10,13-14H,2-6H2,1H3,(H,15,16)/p+1/b8-7-,13-9?,14-11?. The Morgan fingerprint density at radius 1 is 1.31 bits per heavy atom. The quantitative estimate of drug-likeness (QED) is 0.585. The molecule has 4 nitrogen and oxygen atoms in total. The zero-order chi connectivity index (χ0) is 12.0. The maximum Gasteiger partial charge on any atom is 0.269 e. The number of hydrogen-bond acceptors (Lipinski definition) is 2. The summed E-state index contributed by atoms with van der Waals surface area (Å²) in [7, 11) is 0. The molecule has 16 heavy (non-hydrogen) atoms. The molecule has 1 fully saturated rings. The first-order chi connectivity index (χ1) is 7.59. The first-order valence-corrected chi connectivity index (χ1v) is 5.76. The van der Waals surface area contributed by atoms with Gasteiger partial charge in [0.2, 0.25) is 0 Å². The summed E-state index contributed by atoms with van der Waals surface area (Å²) in [6.07, 6.45) is 8.67. The van der Waals surface area contributed by atoms with E-state index in [4.69, 9.17) is 10.8 Å². The summed E-state index contributed by atoms with van der Waals surface area (Å²) in [6, 6.07) is 0.248. The van der Waals surface area contributed by atoms with Crippen LogP contribution in [0.5, 0.6) is 0 Å². The third kappa shape index (κ3) is 4.38. The molecule has 0 heterocycles. The first-order valence-electron chi connectivity index (χ1n) is 5.76. The van der Waals surface area contributed by atoms with E-state index in [1.165, 1.54) is 25.3 Å². The Kier molecular flexibility index (Phi) is 4.89. The van der Waals surface area contributed by atoms with Crippen molar-refractivity contribution in [2.45, 2.75) is 45.1 Å². The predicted molar refractivity (Wildman–Crippen MR) is 64.5 cm³/mol. The van der Waals surface area contributed by atoms with Gasteiger partial charge < -0.3 is 5.32 Å². The van der Waals surface area contributed by atoms with Crippen LogP contribution in [0.4, 0.5) is 0 Å². The second-order valence-corrected chi connectivity index (χ2v) is 4.30. The van der Waals surface area contributed by atoms with Gasteiger partial charge >= 0.3 is 0 Å². The van der Waals surface area contributed by atoms with Crippen LogP contribution in [0, 0.1) is 5.41 Å². The lowest BCUT2D eigenvalue weighted by atomic mass is 9.95. The van der Waals surface area contributed by atoms with Gasteiger partial charge in [-0.2, -0.15) is 0 Å². The van der Waals surface area contributed by atoms with Gasteiger partial charge in [0.1, 0.15) is 5.71 Å². The molecule has 0 atom stereocenters. The van der Waals surface area contributed by atoms with E-state index in [0.29, 0.717) is 5.71 Å². The van der Waals surface area contributed by atoms with Crippen molar-refractivity contribution < 1.29 is 10.2 Å². The normalized spacial score (nSPS) is 17.3. The lowest BCUT2D eigenvalue weighted by Crippen LogP contribution is -2.40. The minimum absolute atomic E-state index is 0.0321. The van der Waals surface area contributed by atoms with Crippen molar-refractivity contribution in [3.8, 4) is 0 Å². The van der Waals surface area contributed by atoms with Crippen LogP contribution in [0.15, 0.2) is 12.2 Å². The number of carbonyl (C=O) groups is 1. The molecule has 0 radical (unpaired) electrons. The minimum Gasteiger partial charge on any atom is -0.348 e. The van der Waals surface area contributed by atoms with E-state index >= 15 is 0 Å². The highest BCUT2D eigenvalue weighted by Gasteiger charge is 2.16. The predicted octanol–water partition coefficient (Wildman–Crippen LogP) is 0.231. The van der Waals surface area contributed by atoms with Gasteiger partial charge in [0.25, 0.3) is 5.91 Å². The lowest BCUT2D eigenvalue weighted by molar-refractivity contribution is -0.115. The Bertz CT molecular complexity index is 314. The highest BCUT2D eigenvalue weighted by atomic mass is 16.1. The molecule has 0 aliphatic heterocycles. The topological polar surface area (TPSA) is 78.5 Å². The molecule has 0 saturated heterocycles. The van der Waals surface area contributed by atoms with Crippen LogP contribution < -0.4 is 10.7 Å². The molecule has 0 aromatic rings. The van der Waals surface area contributed by atoms with Crippen LogP contribution in [0.3, 0.4) is 0 Å². The molecular weight excluding hydrogens is 202 g/mol. The van der Waals surface area contributed by atoms with Gasteiger partial charge in [-0.05, 0) is 18.9 Å². The summed E-state index contributed by atoms with van der Waals surface area (Å²) in [4.78, 5) is 11.6. The van der Waals surface area contributed by atoms with Crippen LogP contribution >= 0.6 is 0 Å². The van der Waals surface area contributed by atoms with E-state index < -0.39 is 0 Å².